The van der Waals surface area contributed by atoms with Gasteiger partial charge in [0.25, 0.3) is 0 Å². The normalized spacial score (nSPS) is 19.2. The Hall–Kier alpha value is -0.560. The number of benzene rings is 1. The van der Waals surface area contributed by atoms with Crippen molar-refractivity contribution in [3.8, 4) is 0 Å². The van der Waals surface area contributed by atoms with E-state index in [1.54, 1.807) is 6.07 Å². The zero-order valence-corrected chi connectivity index (χ0v) is 7.66. The number of hydrogen-bond donors (Lipinski definition) is 0. The van der Waals surface area contributed by atoms with E-state index < -0.39 is 0 Å². The zero-order valence-electron chi connectivity index (χ0n) is 6.90. The summed E-state index contributed by atoms with van der Waals surface area (Å²) in [6.07, 6.45) is 2.38. The first kappa shape index (κ1) is 8.06. The van der Waals surface area contributed by atoms with E-state index in [9.17, 15) is 4.39 Å². The lowest BCUT2D eigenvalue weighted by molar-refractivity contribution is 0.625. The van der Waals surface area contributed by atoms with E-state index in [0.717, 1.165) is 5.56 Å². The van der Waals surface area contributed by atoms with Crippen molar-refractivity contribution in [1.82, 2.24) is 0 Å². The van der Waals surface area contributed by atoms with E-state index >= 15 is 0 Å². The summed E-state index contributed by atoms with van der Waals surface area (Å²) in [5, 5.41) is 0.237. The van der Waals surface area contributed by atoms with Crippen molar-refractivity contribution in [1.29, 1.82) is 0 Å². The van der Waals surface area contributed by atoms with Crippen molar-refractivity contribution in [3.63, 3.8) is 0 Å². The fraction of sp³-hybridized carbons (Fsp3) is 0.400. The van der Waals surface area contributed by atoms with Gasteiger partial charge in [-0.2, -0.15) is 0 Å². The lowest BCUT2D eigenvalue weighted by Crippen LogP contribution is -1.99. The smallest absolute Gasteiger partial charge is 0.141 e. The number of rotatable bonds is 1. The highest BCUT2D eigenvalue weighted by Crippen LogP contribution is 2.48. The Labute approximate surface area is 76.4 Å². The molecule has 0 bridgehead atoms. The van der Waals surface area contributed by atoms with Gasteiger partial charge < -0.3 is 0 Å². The molecule has 1 fully saturated rings. The largest absolute Gasteiger partial charge is 0.205 e. The molecule has 0 spiro atoms. The summed E-state index contributed by atoms with van der Waals surface area (Å²) in [4.78, 5) is 0. The van der Waals surface area contributed by atoms with E-state index in [0.29, 0.717) is 0 Å². The third kappa shape index (κ3) is 1.22. The molecule has 1 aliphatic carbocycles. The van der Waals surface area contributed by atoms with E-state index in [1.165, 1.54) is 18.9 Å². The maximum atomic E-state index is 12.8. The first-order chi connectivity index (χ1) is 5.62. The van der Waals surface area contributed by atoms with Crippen LogP contribution in [-0.4, -0.2) is 0 Å². The van der Waals surface area contributed by atoms with Crippen LogP contribution < -0.4 is 0 Å². The van der Waals surface area contributed by atoms with Crippen LogP contribution >= 0.6 is 11.6 Å². The van der Waals surface area contributed by atoms with Crippen LogP contribution in [0.4, 0.5) is 4.39 Å². The highest BCUT2D eigenvalue weighted by molar-refractivity contribution is 6.30. The first-order valence-corrected chi connectivity index (χ1v) is 4.45. The minimum absolute atomic E-state index is 0.237. The predicted octanol–water partition coefficient (Wildman–Crippen LogP) is 3.53. The Morgan fingerprint density at radius 1 is 1.42 bits per heavy atom. The van der Waals surface area contributed by atoms with Crippen molar-refractivity contribution in [3.05, 3.63) is 34.6 Å². The van der Waals surface area contributed by atoms with E-state index in [-0.39, 0.29) is 16.3 Å². The van der Waals surface area contributed by atoms with Crippen LogP contribution in [0.15, 0.2) is 18.2 Å². The molecule has 0 unspecified atom stereocenters. The monoisotopic (exact) mass is 184 g/mol. The molecule has 0 saturated heterocycles. The lowest BCUT2D eigenvalue weighted by atomic mass is 9.99. The summed E-state index contributed by atoms with van der Waals surface area (Å²) in [6, 6.07) is 5.01. The van der Waals surface area contributed by atoms with Crippen LogP contribution in [0.25, 0.3) is 0 Å². The van der Waals surface area contributed by atoms with E-state index in [1.807, 2.05) is 6.07 Å². The molecule has 0 aliphatic heterocycles. The molecule has 2 heteroatoms. The highest BCUT2D eigenvalue weighted by atomic mass is 35.5. The summed E-state index contributed by atoms with van der Waals surface area (Å²) >= 11 is 5.67. The van der Waals surface area contributed by atoms with Gasteiger partial charge in [-0.1, -0.05) is 24.6 Å². The molecule has 2 rings (SSSR count). The van der Waals surface area contributed by atoms with Gasteiger partial charge in [-0.05, 0) is 36.0 Å². The average molecular weight is 185 g/mol. The van der Waals surface area contributed by atoms with Crippen molar-refractivity contribution >= 4 is 11.6 Å². The molecular formula is C10H10ClF. The molecule has 64 valence electrons. The fourth-order valence-electron chi connectivity index (χ4n) is 1.35. The number of hydrogen-bond acceptors (Lipinski definition) is 0. The van der Waals surface area contributed by atoms with Crippen molar-refractivity contribution in [2.45, 2.75) is 25.2 Å². The molecule has 1 aromatic carbocycles. The quantitative estimate of drug-likeness (QED) is 0.627. The minimum atomic E-state index is -0.329. The van der Waals surface area contributed by atoms with Crippen molar-refractivity contribution in [2.75, 3.05) is 0 Å². The minimum Gasteiger partial charge on any atom is -0.205 e. The first-order valence-electron chi connectivity index (χ1n) is 4.07. The predicted molar refractivity (Wildman–Crippen MR) is 48.0 cm³/mol. The van der Waals surface area contributed by atoms with E-state index in [4.69, 9.17) is 11.6 Å². The molecule has 0 radical (unpaired) electrons. The van der Waals surface area contributed by atoms with Crippen LogP contribution in [0.2, 0.25) is 5.02 Å². The van der Waals surface area contributed by atoms with Crippen LogP contribution in [-0.2, 0) is 5.41 Å². The van der Waals surface area contributed by atoms with E-state index in [2.05, 4.69) is 6.92 Å². The Kier molecular flexibility index (Phi) is 1.65. The second kappa shape index (κ2) is 2.46. The van der Waals surface area contributed by atoms with Gasteiger partial charge in [0, 0.05) is 0 Å². The molecule has 1 aliphatic rings. The molecule has 0 nitrogen and oxygen atoms in total. The van der Waals surface area contributed by atoms with Gasteiger partial charge in [-0.15, -0.1) is 0 Å². The molecule has 12 heavy (non-hydrogen) atoms. The maximum Gasteiger partial charge on any atom is 0.141 e. The summed E-state index contributed by atoms with van der Waals surface area (Å²) < 4.78 is 12.8. The molecule has 0 atom stereocenters. The summed E-state index contributed by atoms with van der Waals surface area (Å²) in [5.41, 5.74) is 1.44. The lowest BCUT2D eigenvalue weighted by Gasteiger charge is -2.08. The van der Waals surface area contributed by atoms with Gasteiger partial charge in [-0.25, -0.2) is 4.39 Å². The van der Waals surface area contributed by atoms with Gasteiger partial charge >= 0.3 is 0 Å². The van der Waals surface area contributed by atoms with Crippen molar-refractivity contribution in [2.24, 2.45) is 0 Å². The SMILES string of the molecule is CC1(c2ccc(F)c(Cl)c2)CC1. The Morgan fingerprint density at radius 2 is 2.08 bits per heavy atom. The molecule has 0 aromatic heterocycles. The second-order valence-electron chi connectivity index (χ2n) is 3.69. The Bertz CT molecular complexity index is 316. The summed E-state index contributed by atoms with van der Waals surface area (Å²) in [6.45, 7) is 2.18. The van der Waals surface area contributed by atoms with Crippen molar-refractivity contribution < 1.29 is 4.39 Å². The molecule has 1 aromatic rings. The summed E-state index contributed by atoms with van der Waals surface area (Å²) in [7, 11) is 0. The third-order valence-corrected chi connectivity index (χ3v) is 2.91. The topological polar surface area (TPSA) is 0 Å². The van der Waals surface area contributed by atoms with Gasteiger partial charge in [0.1, 0.15) is 5.82 Å². The Balaban J connectivity index is 2.41. The average Bonchev–Trinajstić information content (AvgIpc) is 2.75. The summed E-state index contributed by atoms with van der Waals surface area (Å²) in [5.74, 6) is -0.329. The molecule has 0 heterocycles. The van der Waals surface area contributed by atoms with Gasteiger partial charge in [-0.3, -0.25) is 0 Å². The van der Waals surface area contributed by atoms with Crippen LogP contribution in [0.1, 0.15) is 25.3 Å². The molecule has 0 N–H and O–H groups in total. The third-order valence-electron chi connectivity index (χ3n) is 2.62. The van der Waals surface area contributed by atoms with Crippen LogP contribution in [0, 0.1) is 5.82 Å². The molecule has 0 amide bonds. The fourth-order valence-corrected chi connectivity index (χ4v) is 1.53. The maximum absolute atomic E-state index is 12.8. The van der Waals surface area contributed by atoms with Crippen LogP contribution in [0.3, 0.4) is 0 Å². The number of halogens is 2. The Morgan fingerprint density at radius 3 is 2.58 bits per heavy atom. The zero-order chi connectivity index (χ0) is 8.77. The van der Waals surface area contributed by atoms with Crippen LogP contribution in [0.5, 0.6) is 0 Å². The highest BCUT2D eigenvalue weighted by Gasteiger charge is 2.39. The van der Waals surface area contributed by atoms with Gasteiger partial charge in [0.2, 0.25) is 0 Å². The molecule has 1 saturated carbocycles. The van der Waals surface area contributed by atoms with Gasteiger partial charge in [0.05, 0.1) is 5.02 Å². The molecular weight excluding hydrogens is 175 g/mol. The standard InChI is InChI=1S/C10H10ClF/c1-10(4-5-10)7-2-3-9(12)8(11)6-7/h2-3,6H,4-5H2,1H3. The second-order valence-corrected chi connectivity index (χ2v) is 4.10. The van der Waals surface area contributed by atoms with Gasteiger partial charge in [0.15, 0.2) is 0 Å².